The van der Waals surface area contributed by atoms with Gasteiger partial charge in [0, 0.05) is 0 Å². The summed E-state index contributed by atoms with van der Waals surface area (Å²) >= 11 is 12.8. The maximum Gasteiger partial charge on any atom is 0.144 e. The molecule has 0 radical (unpaired) electrons. The van der Waals surface area contributed by atoms with E-state index in [1.54, 1.807) is 12.3 Å². The average Bonchev–Trinajstić information content (AvgIpc) is 2.28. The smallest absolute Gasteiger partial charge is 0.144 e. The lowest BCUT2D eigenvalue weighted by Crippen LogP contribution is -1.97. The number of hydrogen-bond donors (Lipinski definition) is 2. The standard InChI is InChI=1S/C11H8Br2ClN3/c12-7-4-6(15)5-16-11(7)17-9-3-1-2-8(14)10(9)13/h1-5H,15H2,(H,16,17). The molecule has 1 heterocycles. The van der Waals surface area contributed by atoms with E-state index >= 15 is 0 Å². The van der Waals surface area contributed by atoms with Crippen LogP contribution in [-0.2, 0) is 0 Å². The lowest BCUT2D eigenvalue weighted by atomic mass is 10.3. The second-order valence-electron chi connectivity index (χ2n) is 3.33. The molecule has 0 aliphatic carbocycles. The topological polar surface area (TPSA) is 50.9 Å². The maximum absolute atomic E-state index is 6.01. The van der Waals surface area contributed by atoms with E-state index in [1.165, 1.54) is 0 Å². The molecule has 0 unspecified atom stereocenters. The van der Waals surface area contributed by atoms with Gasteiger partial charge < -0.3 is 11.1 Å². The van der Waals surface area contributed by atoms with Crippen LogP contribution in [-0.4, -0.2) is 4.98 Å². The first kappa shape index (κ1) is 12.7. The number of nitrogens with two attached hydrogens (primary N) is 1. The van der Waals surface area contributed by atoms with Crippen molar-refractivity contribution in [2.75, 3.05) is 11.1 Å². The van der Waals surface area contributed by atoms with Gasteiger partial charge in [0.15, 0.2) is 0 Å². The fraction of sp³-hybridized carbons (Fsp3) is 0. The van der Waals surface area contributed by atoms with Crippen LogP contribution in [0, 0.1) is 0 Å². The fourth-order valence-electron chi connectivity index (χ4n) is 1.27. The molecule has 1 aromatic heterocycles. The minimum atomic E-state index is 0.604. The SMILES string of the molecule is Nc1cnc(Nc2cccc(Cl)c2Br)c(Br)c1. The first-order valence-electron chi connectivity index (χ1n) is 4.70. The van der Waals surface area contributed by atoms with Gasteiger partial charge in [0.05, 0.1) is 31.5 Å². The van der Waals surface area contributed by atoms with Crippen molar-refractivity contribution in [2.45, 2.75) is 0 Å². The Bertz CT molecular complexity index is 560. The zero-order chi connectivity index (χ0) is 12.4. The lowest BCUT2D eigenvalue weighted by Gasteiger charge is -2.10. The lowest BCUT2D eigenvalue weighted by molar-refractivity contribution is 1.29. The Labute approximate surface area is 121 Å². The van der Waals surface area contributed by atoms with Gasteiger partial charge >= 0.3 is 0 Å². The highest BCUT2D eigenvalue weighted by Crippen LogP contribution is 2.33. The number of nitrogen functional groups attached to an aromatic ring is 1. The molecule has 0 atom stereocenters. The Morgan fingerprint density at radius 3 is 2.76 bits per heavy atom. The molecular weight excluding hydrogens is 369 g/mol. The summed E-state index contributed by atoms with van der Waals surface area (Å²) in [6.45, 7) is 0. The summed E-state index contributed by atoms with van der Waals surface area (Å²) in [7, 11) is 0. The van der Waals surface area contributed by atoms with Crippen molar-refractivity contribution >= 4 is 60.7 Å². The third kappa shape index (κ3) is 2.91. The van der Waals surface area contributed by atoms with Crippen LogP contribution in [0.5, 0.6) is 0 Å². The average molecular weight is 377 g/mol. The molecule has 6 heteroatoms. The molecular formula is C11H8Br2ClN3. The molecule has 3 nitrogen and oxygen atoms in total. The van der Waals surface area contributed by atoms with E-state index in [0.29, 0.717) is 16.5 Å². The Kier molecular flexibility index (Phi) is 3.91. The summed E-state index contributed by atoms with van der Waals surface area (Å²) in [4.78, 5) is 4.20. The number of rotatable bonds is 2. The van der Waals surface area contributed by atoms with Crippen LogP contribution >= 0.6 is 43.5 Å². The van der Waals surface area contributed by atoms with E-state index < -0.39 is 0 Å². The second-order valence-corrected chi connectivity index (χ2v) is 5.38. The Balaban J connectivity index is 2.35. The van der Waals surface area contributed by atoms with Crippen molar-refractivity contribution < 1.29 is 0 Å². The molecule has 0 spiro atoms. The summed E-state index contributed by atoms with van der Waals surface area (Å²) in [5.41, 5.74) is 7.07. The van der Waals surface area contributed by atoms with Crippen LogP contribution in [0.1, 0.15) is 0 Å². The van der Waals surface area contributed by atoms with Crippen molar-refractivity contribution in [3.63, 3.8) is 0 Å². The van der Waals surface area contributed by atoms with Gasteiger partial charge in [0.2, 0.25) is 0 Å². The predicted molar refractivity (Wildman–Crippen MR) is 78.8 cm³/mol. The van der Waals surface area contributed by atoms with E-state index in [9.17, 15) is 0 Å². The molecule has 2 aromatic rings. The Morgan fingerprint density at radius 1 is 1.29 bits per heavy atom. The van der Waals surface area contributed by atoms with Crippen molar-refractivity contribution in [3.8, 4) is 0 Å². The third-order valence-electron chi connectivity index (χ3n) is 2.07. The van der Waals surface area contributed by atoms with Crippen LogP contribution in [0.3, 0.4) is 0 Å². The number of halogens is 3. The zero-order valence-corrected chi connectivity index (χ0v) is 12.5. The van der Waals surface area contributed by atoms with Crippen LogP contribution < -0.4 is 11.1 Å². The number of pyridine rings is 1. The van der Waals surface area contributed by atoms with Crippen molar-refractivity contribution in [1.29, 1.82) is 0 Å². The molecule has 0 aliphatic heterocycles. The highest BCUT2D eigenvalue weighted by molar-refractivity contribution is 9.11. The highest BCUT2D eigenvalue weighted by Gasteiger charge is 2.07. The molecule has 0 saturated carbocycles. The number of benzene rings is 1. The summed E-state index contributed by atoms with van der Waals surface area (Å²) in [6.07, 6.45) is 1.59. The van der Waals surface area contributed by atoms with Crippen LogP contribution in [0.2, 0.25) is 5.02 Å². The van der Waals surface area contributed by atoms with Crippen LogP contribution in [0.4, 0.5) is 17.2 Å². The first-order chi connectivity index (χ1) is 8.08. The summed E-state index contributed by atoms with van der Waals surface area (Å²) < 4.78 is 1.59. The van der Waals surface area contributed by atoms with Crippen LogP contribution in [0.25, 0.3) is 0 Å². The van der Waals surface area contributed by atoms with Gasteiger partial charge in [0.25, 0.3) is 0 Å². The number of anilines is 3. The zero-order valence-electron chi connectivity index (χ0n) is 8.55. The van der Waals surface area contributed by atoms with E-state index in [4.69, 9.17) is 17.3 Å². The van der Waals surface area contributed by atoms with E-state index in [0.717, 1.165) is 14.6 Å². The molecule has 3 N–H and O–H groups in total. The normalized spacial score (nSPS) is 10.3. The predicted octanol–water partition coefficient (Wildman–Crippen LogP) is 4.59. The Morgan fingerprint density at radius 2 is 2.06 bits per heavy atom. The van der Waals surface area contributed by atoms with Gasteiger partial charge in [-0.3, -0.25) is 0 Å². The summed E-state index contributed by atoms with van der Waals surface area (Å²) in [5.74, 6) is 0.683. The van der Waals surface area contributed by atoms with Gasteiger partial charge in [-0.15, -0.1) is 0 Å². The monoisotopic (exact) mass is 375 g/mol. The number of nitrogens with one attached hydrogen (secondary N) is 1. The first-order valence-corrected chi connectivity index (χ1v) is 6.66. The van der Waals surface area contributed by atoms with E-state index in [-0.39, 0.29) is 0 Å². The number of aromatic nitrogens is 1. The number of nitrogens with zero attached hydrogens (tertiary/aromatic N) is 1. The van der Waals surface area contributed by atoms with E-state index in [1.807, 2.05) is 18.2 Å². The van der Waals surface area contributed by atoms with Crippen molar-refractivity contribution in [2.24, 2.45) is 0 Å². The van der Waals surface area contributed by atoms with Gasteiger partial charge in [-0.1, -0.05) is 17.7 Å². The van der Waals surface area contributed by atoms with Gasteiger partial charge in [-0.2, -0.15) is 0 Å². The fourth-order valence-corrected chi connectivity index (χ4v) is 2.28. The molecule has 0 fully saturated rings. The molecule has 0 aliphatic rings. The Hall–Kier alpha value is -0.780. The van der Waals surface area contributed by atoms with Gasteiger partial charge in [-0.05, 0) is 50.1 Å². The molecule has 0 bridgehead atoms. The molecule has 88 valence electrons. The molecule has 1 aromatic carbocycles. The van der Waals surface area contributed by atoms with Crippen molar-refractivity contribution in [3.05, 3.63) is 44.4 Å². The van der Waals surface area contributed by atoms with E-state index in [2.05, 4.69) is 42.2 Å². The molecule has 0 amide bonds. The van der Waals surface area contributed by atoms with Gasteiger partial charge in [-0.25, -0.2) is 4.98 Å². The molecule has 2 rings (SSSR count). The second kappa shape index (κ2) is 5.25. The largest absolute Gasteiger partial charge is 0.397 e. The summed E-state index contributed by atoms with van der Waals surface area (Å²) in [5, 5.41) is 3.80. The van der Waals surface area contributed by atoms with Gasteiger partial charge in [0.1, 0.15) is 5.82 Å². The maximum atomic E-state index is 6.01. The third-order valence-corrected chi connectivity index (χ3v) is 4.07. The highest BCUT2D eigenvalue weighted by atomic mass is 79.9. The molecule has 0 saturated heterocycles. The number of hydrogen-bond acceptors (Lipinski definition) is 3. The minimum Gasteiger partial charge on any atom is -0.397 e. The molecule has 17 heavy (non-hydrogen) atoms. The minimum absolute atomic E-state index is 0.604. The van der Waals surface area contributed by atoms with Crippen molar-refractivity contribution in [1.82, 2.24) is 4.98 Å². The quantitative estimate of drug-likeness (QED) is 0.805. The summed E-state index contributed by atoms with van der Waals surface area (Å²) in [6, 6.07) is 7.36. The van der Waals surface area contributed by atoms with Crippen LogP contribution in [0.15, 0.2) is 39.4 Å².